The molecule has 0 amide bonds. The molecule has 2 aromatic rings. The summed E-state index contributed by atoms with van der Waals surface area (Å²) in [6.07, 6.45) is 0.956. The number of hydrogen-bond acceptors (Lipinski definition) is 2. The zero-order valence-corrected chi connectivity index (χ0v) is 14.2. The largest absolute Gasteiger partial charge is 0.384 e. The molecule has 1 N–H and O–H groups in total. The first-order chi connectivity index (χ1) is 10.3. The van der Waals surface area contributed by atoms with Crippen LogP contribution in [0.1, 0.15) is 29.7 Å². The van der Waals surface area contributed by atoms with Crippen LogP contribution in [-0.4, -0.2) is 20.3 Å². The van der Waals surface area contributed by atoms with Crippen LogP contribution in [0.25, 0.3) is 0 Å². The Bertz CT molecular complexity index is 553. The Morgan fingerprint density at radius 2 is 1.81 bits per heavy atom. The third-order valence-electron chi connectivity index (χ3n) is 3.53. The molecule has 2 aromatic carbocycles. The standard InChI is InChI=1S/C18H22BrNO/c1-3-20-18(16-6-4-5-7-17(16)19)15-10-8-14(9-11-15)12-13-21-2/h4-11,18,20H,3,12-13H2,1-2H3. The monoisotopic (exact) mass is 347 g/mol. The van der Waals surface area contributed by atoms with Gasteiger partial charge in [0.25, 0.3) is 0 Å². The molecule has 0 aromatic heterocycles. The molecule has 0 saturated carbocycles. The van der Waals surface area contributed by atoms with Crippen LogP contribution in [-0.2, 0) is 11.2 Å². The predicted octanol–water partition coefficient (Wildman–Crippen LogP) is 4.34. The van der Waals surface area contributed by atoms with E-state index in [0.29, 0.717) is 0 Å². The third-order valence-corrected chi connectivity index (χ3v) is 4.25. The second-order valence-corrected chi connectivity index (χ2v) is 5.85. The zero-order chi connectivity index (χ0) is 15.1. The van der Waals surface area contributed by atoms with Crippen molar-refractivity contribution in [2.75, 3.05) is 20.3 Å². The Hall–Kier alpha value is -1.16. The van der Waals surface area contributed by atoms with Gasteiger partial charge in [0, 0.05) is 11.6 Å². The van der Waals surface area contributed by atoms with Crippen LogP contribution < -0.4 is 5.32 Å². The lowest BCUT2D eigenvalue weighted by atomic mass is 9.97. The fraction of sp³-hybridized carbons (Fsp3) is 0.333. The van der Waals surface area contributed by atoms with Gasteiger partial charge < -0.3 is 10.1 Å². The van der Waals surface area contributed by atoms with Gasteiger partial charge in [-0.3, -0.25) is 0 Å². The molecule has 112 valence electrons. The Labute approximate surface area is 135 Å². The number of halogens is 1. The van der Waals surface area contributed by atoms with Gasteiger partial charge in [-0.15, -0.1) is 0 Å². The smallest absolute Gasteiger partial charge is 0.0587 e. The summed E-state index contributed by atoms with van der Waals surface area (Å²) in [7, 11) is 1.74. The Balaban J connectivity index is 2.24. The van der Waals surface area contributed by atoms with E-state index in [1.54, 1.807) is 7.11 Å². The third kappa shape index (κ3) is 4.40. The molecule has 0 fully saturated rings. The maximum absolute atomic E-state index is 5.13. The van der Waals surface area contributed by atoms with Gasteiger partial charge >= 0.3 is 0 Å². The average Bonchev–Trinajstić information content (AvgIpc) is 2.52. The zero-order valence-electron chi connectivity index (χ0n) is 12.6. The van der Waals surface area contributed by atoms with E-state index < -0.39 is 0 Å². The molecule has 0 aliphatic heterocycles. The Morgan fingerprint density at radius 1 is 1.10 bits per heavy atom. The molecule has 1 unspecified atom stereocenters. The van der Waals surface area contributed by atoms with E-state index in [4.69, 9.17) is 4.74 Å². The second kappa shape index (κ2) is 8.32. The molecule has 1 atom stereocenters. The van der Waals surface area contributed by atoms with Crippen LogP contribution >= 0.6 is 15.9 Å². The van der Waals surface area contributed by atoms with Gasteiger partial charge in [-0.1, -0.05) is 65.3 Å². The summed E-state index contributed by atoms with van der Waals surface area (Å²) in [5.41, 5.74) is 3.86. The minimum absolute atomic E-state index is 0.210. The number of benzene rings is 2. The van der Waals surface area contributed by atoms with Crippen molar-refractivity contribution in [1.29, 1.82) is 0 Å². The maximum Gasteiger partial charge on any atom is 0.0587 e. The first kappa shape index (κ1) is 16.2. The fourth-order valence-electron chi connectivity index (χ4n) is 2.42. The van der Waals surface area contributed by atoms with Crippen molar-refractivity contribution in [3.05, 3.63) is 69.7 Å². The molecular formula is C18H22BrNO. The van der Waals surface area contributed by atoms with E-state index >= 15 is 0 Å². The number of hydrogen-bond donors (Lipinski definition) is 1. The van der Waals surface area contributed by atoms with Crippen LogP contribution in [0.3, 0.4) is 0 Å². The van der Waals surface area contributed by atoms with Crippen molar-refractivity contribution in [3.63, 3.8) is 0 Å². The topological polar surface area (TPSA) is 21.3 Å². The summed E-state index contributed by atoms with van der Waals surface area (Å²) in [5.74, 6) is 0. The van der Waals surface area contributed by atoms with Crippen molar-refractivity contribution in [1.82, 2.24) is 5.32 Å². The van der Waals surface area contributed by atoms with Gasteiger partial charge in [0.1, 0.15) is 0 Å². The summed E-state index contributed by atoms with van der Waals surface area (Å²) >= 11 is 3.66. The molecule has 0 spiro atoms. The van der Waals surface area contributed by atoms with Gasteiger partial charge in [0.05, 0.1) is 12.6 Å². The summed E-state index contributed by atoms with van der Waals surface area (Å²) in [6, 6.07) is 17.4. The van der Waals surface area contributed by atoms with Crippen LogP contribution in [0.15, 0.2) is 53.0 Å². The first-order valence-corrected chi connectivity index (χ1v) is 8.11. The minimum atomic E-state index is 0.210. The molecule has 2 rings (SSSR count). The highest BCUT2D eigenvalue weighted by molar-refractivity contribution is 9.10. The summed E-state index contributed by atoms with van der Waals surface area (Å²) in [5, 5.41) is 3.56. The second-order valence-electron chi connectivity index (χ2n) is 5.00. The van der Waals surface area contributed by atoms with E-state index in [1.807, 2.05) is 6.07 Å². The van der Waals surface area contributed by atoms with Gasteiger partial charge in [0.15, 0.2) is 0 Å². The number of rotatable bonds is 7. The van der Waals surface area contributed by atoms with E-state index in [9.17, 15) is 0 Å². The quantitative estimate of drug-likeness (QED) is 0.804. The molecule has 21 heavy (non-hydrogen) atoms. The van der Waals surface area contributed by atoms with Gasteiger partial charge in [-0.05, 0) is 35.7 Å². The van der Waals surface area contributed by atoms with E-state index in [-0.39, 0.29) is 6.04 Å². The minimum Gasteiger partial charge on any atom is -0.384 e. The molecule has 0 aliphatic rings. The summed E-state index contributed by atoms with van der Waals surface area (Å²) < 4.78 is 6.27. The van der Waals surface area contributed by atoms with Crippen molar-refractivity contribution in [2.45, 2.75) is 19.4 Å². The molecule has 0 saturated heterocycles. The molecular weight excluding hydrogens is 326 g/mol. The van der Waals surface area contributed by atoms with Crippen LogP contribution in [0.4, 0.5) is 0 Å². The SMILES string of the molecule is CCNC(c1ccc(CCOC)cc1)c1ccccc1Br. The van der Waals surface area contributed by atoms with Crippen molar-refractivity contribution < 1.29 is 4.74 Å². The summed E-state index contributed by atoms with van der Waals surface area (Å²) in [4.78, 5) is 0. The highest BCUT2D eigenvalue weighted by Gasteiger charge is 2.15. The van der Waals surface area contributed by atoms with Crippen molar-refractivity contribution >= 4 is 15.9 Å². The Morgan fingerprint density at radius 3 is 2.43 bits per heavy atom. The van der Waals surface area contributed by atoms with Gasteiger partial charge in [-0.25, -0.2) is 0 Å². The van der Waals surface area contributed by atoms with Gasteiger partial charge in [-0.2, -0.15) is 0 Å². The number of ether oxygens (including phenoxy) is 1. The molecule has 3 heteroatoms. The molecule has 0 radical (unpaired) electrons. The van der Waals surface area contributed by atoms with Crippen molar-refractivity contribution in [2.24, 2.45) is 0 Å². The Kier molecular flexibility index (Phi) is 6.43. The van der Waals surface area contributed by atoms with E-state index in [2.05, 4.69) is 70.6 Å². The highest BCUT2D eigenvalue weighted by atomic mass is 79.9. The lowest BCUT2D eigenvalue weighted by Crippen LogP contribution is -2.22. The summed E-state index contributed by atoms with van der Waals surface area (Å²) in [6.45, 7) is 3.83. The predicted molar refractivity (Wildman–Crippen MR) is 91.7 cm³/mol. The molecule has 2 nitrogen and oxygen atoms in total. The fourth-order valence-corrected chi connectivity index (χ4v) is 2.93. The highest BCUT2D eigenvalue weighted by Crippen LogP contribution is 2.28. The molecule has 0 aliphatic carbocycles. The maximum atomic E-state index is 5.13. The van der Waals surface area contributed by atoms with Crippen LogP contribution in [0.2, 0.25) is 0 Å². The van der Waals surface area contributed by atoms with Crippen molar-refractivity contribution in [3.8, 4) is 0 Å². The lowest BCUT2D eigenvalue weighted by molar-refractivity contribution is 0.202. The molecule has 0 bridgehead atoms. The van der Waals surface area contributed by atoms with Gasteiger partial charge in [0.2, 0.25) is 0 Å². The van der Waals surface area contributed by atoms with Crippen LogP contribution in [0.5, 0.6) is 0 Å². The lowest BCUT2D eigenvalue weighted by Gasteiger charge is -2.20. The number of nitrogens with one attached hydrogen (secondary N) is 1. The number of methoxy groups -OCH3 is 1. The van der Waals surface area contributed by atoms with E-state index in [0.717, 1.165) is 24.0 Å². The first-order valence-electron chi connectivity index (χ1n) is 7.31. The normalized spacial score (nSPS) is 12.3. The van der Waals surface area contributed by atoms with E-state index in [1.165, 1.54) is 16.7 Å². The molecule has 0 heterocycles. The average molecular weight is 348 g/mol. The van der Waals surface area contributed by atoms with Crippen LogP contribution in [0, 0.1) is 0 Å².